The van der Waals surface area contributed by atoms with E-state index < -0.39 is 0 Å². The van der Waals surface area contributed by atoms with Crippen LogP contribution < -0.4 is 0 Å². The minimum atomic E-state index is -0.125. The highest BCUT2D eigenvalue weighted by Crippen LogP contribution is 2.13. The molecule has 0 fully saturated rings. The first-order chi connectivity index (χ1) is 6.90. The van der Waals surface area contributed by atoms with Crippen LogP contribution in [0.25, 0.3) is 0 Å². The monoisotopic (exact) mass is 320 g/mol. The second kappa shape index (κ2) is 8.13. The first-order valence-electron chi connectivity index (χ1n) is 4.92. The predicted octanol–water partition coefficient (Wildman–Crippen LogP) is 3.43. The maximum atomic E-state index is 5.76. The highest BCUT2D eigenvalue weighted by Gasteiger charge is 2.18. The lowest BCUT2D eigenvalue weighted by atomic mass is 10.2. The van der Waals surface area contributed by atoms with Crippen LogP contribution in [0.3, 0.4) is 0 Å². The van der Waals surface area contributed by atoms with Gasteiger partial charge >= 0.3 is 0 Å². The third kappa shape index (κ3) is 8.75. The van der Waals surface area contributed by atoms with Gasteiger partial charge in [0.05, 0.1) is 29.7 Å². The maximum absolute atomic E-state index is 5.76. The highest BCUT2D eigenvalue weighted by atomic mass is 79.9. The van der Waals surface area contributed by atoms with Crippen LogP contribution in [0.5, 0.6) is 0 Å². The van der Waals surface area contributed by atoms with Crippen molar-refractivity contribution in [3.8, 4) is 0 Å². The van der Waals surface area contributed by atoms with E-state index in [9.17, 15) is 0 Å². The molecular weight excluding hydrogens is 303 g/mol. The van der Waals surface area contributed by atoms with Gasteiger partial charge in [-0.15, -0.1) is 23.2 Å². The fraction of sp³-hybridized carbons (Fsp3) is 1.00. The van der Waals surface area contributed by atoms with Crippen LogP contribution >= 0.6 is 39.1 Å². The van der Waals surface area contributed by atoms with Crippen LogP contribution in [0.1, 0.15) is 20.8 Å². The lowest BCUT2D eigenvalue weighted by Crippen LogP contribution is -2.30. The molecule has 0 aliphatic rings. The second-order valence-electron chi connectivity index (χ2n) is 4.19. The van der Waals surface area contributed by atoms with Crippen molar-refractivity contribution in [2.24, 2.45) is 0 Å². The number of rotatable bonds is 7. The van der Waals surface area contributed by atoms with E-state index in [0.29, 0.717) is 25.0 Å². The summed E-state index contributed by atoms with van der Waals surface area (Å²) in [6.07, 6.45) is -0.0623. The van der Waals surface area contributed by atoms with Gasteiger partial charge in [-0.25, -0.2) is 0 Å². The molecule has 0 aromatic carbocycles. The first kappa shape index (κ1) is 16.0. The minimum absolute atomic E-state index is 0.0623. The van der Waals surface area contributed by atoms with Crippen LogP contribution in [0.15, 0.2) is 0 Å². The zero-order valence-electron chi connectivity index (χ0n) is 9.43. The van der Waals surface area contributed by atoms with Gasteiger partial charge in [0.1, 0.15) is 0 Å². The molecule has 5 heteroatoms. The summed E-state index contributed by atoms with van der Waals surface area (Å²) in [6.45, 7) is 7.14. The molecule has 2 unspecified atom stereocenters. The summed E-state index contributed by atoms with van der Waals surface area (Å²) in [5.74, 6) is 0.912. The van der Waals surface area contributed by atoms with Gasteiger partial charge in [-0.1, -0.05) is 15.9 Å². The molecule has 0 heterocycles. The molecule has 0 aliphatic carbocycles. The van der Waals surface area contributed by atoms with Crippen LogP contribution in [-0.2, 0) is 9.47 Å². The Morgan fingerprint density at radius 3 is 2.13 bits per heavy atom. The van der Waals surface area contributed by atoms with Crippen molar-refractivity contribution in [1.29, 1.82) is 0 Å². The molecule has 0 N–H and O–H groups in total. The summed E-state index contributed by atoms with van der Waals surface area (Å²) >= 11 is 14.9. The Labute approximate surface area is 111 Å². The molecule has 92 valence electrons. The molecule has 0 saturated heterocycles. The second-order valence-corrected chi connectivity index (χ2v) is 5.99. The predicted molar refractivity (Wildman–Crippen MR) is 69.6 cm³/mol. The van der Waals surface area contributed by atoms with Crippen LogP contribution in [0.4, 0.5) is 0 Å². The fourth-order valence-corrected chi connectivity index (χ4v) is 1.95. The molecule has 0 saturated carbocycles. The largest absolute Gasteiger partial charge is 0.373 e. The van der Waals surface area contributed by atoms with Gasteiger partial charge in [0.2, 0.25) is 0 Å². The van der Waals surface area contributed by atoms with E-state index in [0.717, 1.165) is 0 Å². The summed E-state index contributed by atoms with van der Waals surface area (Å²) < 4.78 is 11.1. The minimum Gasteiger partial charge on any atom is -0.373 e. The van der Waals surface area contributed by atoms with Gasteiger partial charge in [-0.3, -0.25) is 0 Å². The van der Waals surface area contributed by atoms with E-state index in [1.807, 2.05) is 20.8 Å². The van der Waals surface area contributed by atoms with Gasteiger partial charge in [-0.05, 0) is 20.8 Å². The van der Waals surface area contributed by atoms with Crippen LogP contribution in [0, 0.1) is 0 Å². The fourth-order valence-electron chi connectivity index (χ4n) is 0.892. The lowest BCUT2D eigenvalue weighted by Gasteiger charge is -2.22. The summed E-state index contributed by atoms with van der Waals surface area (Å²) in [4.78, 5) is 0.0892. The Bertz CT molecular complexity index is 162. The summed E-state index contributed by atoms with van der Waals surface area (Å²) in [5, 5.41) is 0. The molecule has 2 nitrogen and oxygen atoms in total. The Balaban J connectivity index is 3.64. The number of hydrogen-bond donors (Lipinski definition) is 0. The van der Waals surface area contributed by atoms with Crippen molar-refractivity contribution in [1.82, 2.24) is 0 Å². The van der Waals surface area contributed by atoms with Gasteiger partial charge in [-0.2, -0.15) is 0 Å². The third-order valence-electron chi connectivity index (χ3n) is 1.65. The van der Waals surface area contributed by atoms with E-state index in [4.69, 9.17) is 32.7 Å². The van der Waals surface area contributed by atoms with Gasteiger partial charge in [0.15, 0.2) is 0 Å². The van der Waals surface area contributed by atoms with E-state index >= 15 is 0 Å². The van der Waals surface area contributed by atoms with E-state index in [1.165, 1.54) is 0 Å². The molecule has 0 spiro atoms. The SMILES string of the molecule is CC(C)(C)OCCOC(CCl)C(Br)CCl. The number of halogens is 3. The zero-order valence-corrected chi connectivity index (χ0v) is 12.5. The molecule has 0 aromatic rings. The van der Waals surface area contributed by atoms with Crippen LogP contribution in [0.2, 0.25) is 0 Å². The first-order valence-corrected chi connectivity index (χ1v) is 6.90. The Hall–Kier alpha value is 0.980. The normalized spacial score (nSPS) is 16.4. The Morgan fingerprint density at radius 1 is 1.13 bits per heavy atom. The quantitative estimate of drug-likeness (QED) is 0.528. The molecule has 0 aliphatic heterocycles. The average Bonchev–Trinajstić information content (AvgIpc) is 2.15. The molecule has 2 atom stereocenters. The highest BCUT2D eigenvalue weighted by molar-refractivity contribution is 9.09. The molecule has 0 radical (unpaired) electrons. The van der Waals surface area contributed by atoms with Crippen LogP contribution in [-0.4, -0.2) is 41.5 Å². The van der Waals surface area contributed by atoms with Gasteiger partial charge < -0.3 is 9.47 Å². The smallest absolute Gasteiger partial charge is 0.0847 e. The maximum Gasteiger partial charge on any atom is 0.0847 e. The average molecular weight is 322 g/mol. The van der Waals surface area contributed by atoms with E-state index in [-0.39, 0.29) is 16.5 Å². The zero-order chi connectivity index (χ0) is 11.9. The van der Waals surface area contributed by atoms with Crippen molar-refractivity contribution in [3.63, 3.8) is 0 Å². The van der Waals surface area contributed by atoms with Crippen molar-refractivity contribution < 1.29 is 9.47 Å². The summed E-state index contributed by atoms with van der Waals surface area (Å²) in [6, 6.07) is 0. The molecule has 0 bridgehead atoms. The number of hydrogen-bond acceptors (Lipinski definition) is 2. The molecule has 0 amide bonds. The number of ether oxygens (including phenoxy) is 2. The summed E-state index contributed by atoms with van der Waals surface area (Å²) in [7, 11) is 0. The van der Waals surface area contributed by atoms with Gasteiger partial charge in [0.25, 0.3) is 0 Å². The van der Waals surface area contributed by atoms with Crippen molar-refractivity contribution in [3.05, 3.63) is 0 Å². The lowest BCUT2D eigenvalue weighted by molar-refractivity contribution is -0.0469. The molecule has 0 aromatic heterocycles. The van der Waals surface area contributed by atoms with Crippen molar-refractivity contribution >= 4 is 39.1 Å². The van der Waals surface area contributed by atoms with E-state index in [1.54, 1.807) is 0 Å². The Morgan fingerprint density at radius 2 is 1.73 bits per heavy atom. The van der Waals surface area contributed by atoms with Gasteiger partial charge in [0, 0.05) is 11.8 Å². The topological polar surface area (TPSA) is 18.5 Å². The standard InChI is InChI=1S/C10H19BrCl2O2/c1-10(2,3)15-5-4-14-9(7-13)8(11)6-12/h8-9H,4-7H2,1-3H3. The Kier molecular flexibility index (Phi) is 8.66. The molecule has 15 heavy (non-hydrogen) atoms. The number of alkyl halides is 3. The van der Waals surface area contributed by atoms with Crippen molar-refractivity contribution in [2.75, 3.05) is 25.0 Å². The molecular formula is C10H19BrCl2O2. The third-order valence-corrected chi connectivity index (χ3v) is 3.58. The van der Waals surface area contributed by atoms with Crippen molar-refractivity contribution in [2.45, 2.75) is 37.3 Å². The summed E-state index contributed by atoms with van der Waals surface area (Å²) in [5.41, 5.74) is -0.125. The van der Waals surface area contributed by atoms with E-state index in [2.05, 4.69) is 15.9 Å². The molecule has 0 rings (SSSR count).